The van der Waals surface area contributed by atoms with Gasteiger partial charge in [0.15, 0.2) is 0 Å². The Bertz CT molecular complexity index is 308. The number of anilines is 1. The van der Waals surface area contributed by atoms with E-state index in [-0.39, 0.29) is 0 Å². The standard InChI is InChI=1S/C6H6F2N2O/c7-6(8)5-4(9)3(11)1-2-10-5/h1-2,6H,9H2,(H,10,11). The summed E-state index contributed by atoms with van der Waals surface area (Å²) in [4.78, 5) is 12.9. The van der Waals surface area contributed by atoms with Crippen molar-refractivity contribution in [3.63, 3.8) is 0 Å². The van der Waals surface area contributed by atoms with Gasteiger partial charge < -0.3 is 10.7 Å². The number of aromatic amines is 1. The summed E-state index contributed by atoms with van der Waals surface area (Å²) in [5.41, 5.74) is 3.55. The third-order valence-corrected chi connectivity index (χ3v) is 1.25. The molecule has 5 heteroatoms. The minimum absolute atomic E-state index is 0.414. The number of H-pyrrole nitrogens is 1. The van der Waals surface area contributed by atoms with Crippen molar-refractivity contribution in [3.05, 3.63) is 28.2 Å². The Morgan fingerprint density at radius 1 is 1.55 bits per heavy atom. The molecule has 1 aromatic heterocycles. The second kappa shape index (κ2) is 2.69. The molecular formula is C6H6F2N2O. The van der Waals surface area contributed by atoms with Crippen LogP contribution in [0.25, 0.3) is 0 Å². The van der Waals surface area contributed by atoms with Crippen LogP contribution in [-0.2, 0) is 0 Å². The molecule has 3 N–H and O–H groups in total. The van der Waals surface area contributed by atoms with Crippen molar-refractivity contribution in [3.8, 4) is 0 Å². The number of rotatable bonds is 1. The van der Waals surface area contributed by atoms with Crippen molar-refractivity contribution in [1.29, 1.82) is 0 Å². The Morgan fingerprint density at radius 2 is 2.18 bits per heavy atom. The van der Waals surface area contributed by atoms with Crippen LogP contribution in [0.5, 0.6) is 0 Å². The predicted molar refractivity (Wildman–Crippen MR) is 36.4 cm³/mol. The second-order valence-corrected chi connectivity index (χ2v) is 1.97. The summed E-state index contributed by atoms with van der Waals surface area (Å²) in [7, 11) is 0. The molecule has 11 heavy (non-hydrogen) atoms. The summed E-state index contributed by atoms with van der Waals surface area (Å²) in [6.07, 6.45) is -1.59. The van der Waals surface area contributed by atoms with Gasteiger partial charge in [-0.3, -0.25) is 4.79 Å². The van der Waals surface area contributed by atoms with E-state index in [4.69, 9.17) is 5.73 Å². The van der Waals surface area contributed by atoms with E-state index in [1.807, 2.05) is 0 Å². The van der Waals surface area contributed by atoms with Crippen LogP contribution >= 0.6 is 0 Å². The molecule has 0 amide bonds. The molecule has 0 radical (unpaired) electrons. The molecule has 0 bridgehead atoms. The molecule has 60 valence electrons. The molecule has 3 nitrogen and oxygen atoms in total. The van der Waals surface area contributed by atoms with Gasteiger partial charge in [0.2, 0.25) is 5.43 Å². The molecule has 0 saturated carbocycles. The summed E-state index contributed by atoms with van der Waals surface area (Å²) < 4.78 is 23.9. The minimum Gasteiger partial charge on any atom is -0.394 e. The van der Waals surface area contributed by atoms with Gasteiger partial charge in [-0.15, -0.1) is 0 Å². The fraction of sp³-hybridized carbons (Fsp3) is 0.167. The number of pyridine rings is 1. The van der Waals surface area contributed by atoms with E-state index in [1.54, 1.807) is 0 Å². The number of alkyl halides is 2. The largest absolute Gasteiger partial charge is 0.394 e. The van der Waals surface area contributed by atoms with Gasteiger partial charge in [0.05, 0.1) is 0 Å². The smallest absolute Gasteiger partial charge is 0.280 e. The zero-order valence-corrected chi connectivity index (χ0v) is 5.47. The lowest BCUT2D eigenvalue weighted by Gasteiger charge is -2.01. The van der Waals surface area contributed by atoms with Gasteiger partial charge in [-0.2, -0.15) is 0 Å². The number of hydrogen-bond donors (Lipinski definition) is 2. The van der Waals surface area contributed by atoms with Crippen molar-refractivity contribution in [2.45, 2.75) is 6.43 Å². The number of aromatic nitrogens is 1. The van der Waals surface area contributed by atoms with Gasteiger partial charge in [0.1, 0.15) is 11.4 Å². The highest BCUT2D eigenvalue weighted by molar-refractivity contribution is 5.42. The maximum atomic E-state index is 12.0. The summed E-state index contributed by atoms with van der Waals surface area (Å²) in [5.74, 6) is 0. The first-order valence-corrected chi connectivity index (χ1v) is 2.88. The summed E-state index contributed by atoms with van der Waals surface area (Å²) in [5, 5.41) is 0. The van der Waals surface area contributed by atoms with Gasteiger partial charge in [0.25, 0.3) is 6.43 Å². The van der Waals surface area contributed by atoms with Crippen LogP contribution in [0.1, 0.15) is 12.1 Å². The van der Waals surface area contributed by atoms with E-state index in [0.29, 0.717) is 0 Å². The summed E-state index contributed by atoms with van der Waals surface area (Å²) in [6, 6.07) is 1.10. The first kappa shape index (κ1) is 7.71. The van der Waals surface area contributed by atoms with Crippen LogP contribution in [-0.4, -0.2) is 4.98 Å². The maximum Gasteiger partial charge on any atom is 0.280 e. The quantitative estimate of drug-likeness (QED) is 0.641. The van der Waals surface area contributed by atoms with E-state index >= 15 is 0 Å². The second-order valence-electron chi connectivity index (χ2n) is 1.97. The van der Waals surface area contributed by atoms with Crippen molar-refractivity contribution in [2.75, 3.05) is 5.73 Å². The third kappa shape index (κ3) is 1.36. The molecule has 0 saturated heterocycles. The lowest BCUT2D eigenvalue weighted by molar-refractivity contribution is 0.147. The lowest BCUT2D eigenvalue weighted by atomic mass is 10.3. The molecule has 0 aliphatic rings. The van der Waals surface area contributed by atoms with Crippen LogP contribution in [0.3, 0.4) is 0 Å². The zero-order valence-electron chi connectivity index (χ0n) is 5.47. The van der Waals surface area contributed by atoms with Crippen LogP contribution in [0.4, 0.5) is 14.5 Å². The van der Waals surface area contributed by atoms with E-state index in [1.165, 1.54) is 0 Å². The molecule has 0 aliphatic carbocycles. The SMILES string of the molecule is Nc1c(C(F)F)[nH]ccc1=O. The molecule has 1 rings (SSSR count). The lowest BCUT2D eigenvalue weighted by Crippen LogP contribution is -2.11. The Hall–Kier alpha value is -1.39. The van der Waals surface area contributed by atoms with Gasteiger partial charge in [-0.25, -0.2) is 8.78 Å². The number of halogens is 2. The molecule has 0 fully saturated rings. The van der Waals surface area contributed by atoms with Crippen LogP contribution in [0.15, 0.2) is 17.1 Å². The van der Waals surface area contributed by atoms with E-state index in [0.717, 1.165) is 12.3 Å². The first-order chi connectivity index (χ1) is 5.13. The summed E-state index contributed by atoms with van der Waals surface area (Å²) >= 11 is 0. The summed E-state index contributed by atoms with van der Waals surface area (Å²) in [6.45, 7) is 0. The van der Waals surface area contributed by atoms with Crippen molar-refractivity contribution < 1.29 is 8.78 Å². The Labute approximate surface area is 60.8 Å². The fourth-order valence-corrected chi connectivity index (χ4v) is 0.688. The topological polar surface area (TPSA) is 58.9 Å². The number of nitrogens with one attached hydrogen (secondary N) is 1. The normalized spacial score (nSPS) is 10.5. The monoisotopic (exact) mass is 160 g/mol. The number of nitrogen functional groups attached to an aromatic ring is 1. The van der Waals surface area contributed by atoms with Crippen molar-refractivity contribution in [1.82, 2.24) is 4.98 Å². The highest BCUT2D eigenvalue weighted by atomic mass is 19.3. The van der Waals surface area contributed by atoms with Gasteiger partial charge in [-0.1, -0.05) is 0 Å². The fourth-order valence-electron chi connectivity index (χ4n) is 0.688. The first-order valence-electron chi connectivity index (χ1n) is 2.88. The van der Waals surface area contributed by atoms with E-state index in [2.05, 4.69) is 4.98 Å². The highest BCUT2D eigenvalue weighted by Crippen LogP contribution is 2.18. The molecule has 0 aliphatic heterocycles. The average molecular weight is 160 g/mol. The molecule has 0 aromatic carbocycles. The van der Waals surface area contributed by atoms with Crippen molar-refractivity contribution >= 4 is 5.69 Å². The van der Waals surface area contributed by atoms with Gasteiger partial charge in [-0.05, 0) is 0 Å². The van der Waals surface area contributed by atoms with Crippen molar-refractivity contribution in [2.24, 2.45) is 0 Å². The number of nitrogens with two attached hydrogens (primary N) is 1. The molecular weight excluding hydrogens is 154 g/mol. The minimum atomic E-state index is -2.73. The van der Waals surface area contributed by atoms with E-state index < -0.39 is 23.2 Å². The molecule has 0 atom stereocenters. The zero-order chi connectivity index (χ0) is 8.43. The van der Waals surface area contributed by atoms with E-state index in [9.17, 15) is 13.6 Å². The van der Waals surface area contributed by atoms with Gasteiger partial charge in [0, 0.05) is 12.3 Å². The Morgan fingerprint density at radius 3 is 2.64 bits per heavy atom. The molecule has 1 aromatic rings. The third-order valence-electron chi connectivity index (χ3n) is 1.25. The van der Waals surface area contributed by atoms with Crippen LogP contribution in [0, 0.1) is 0 Å². The number of hydrogen-bond acceptors (Lipinski definition) is 2. The van der Waals surface area contributed by atoms with Crippen LogP contribution in [0.2, 0.25) is 0 Å². The maximum absolute atomic E-state index is 12.0. The molecule has 0 spiro atoms. The van der Waals surface area contributed by atoms with Crippen LogP contribution < -0.4 is 11.2 Å². The Balaban J connectivity index is 3.28. The molecule has 0 unspecified atom stereocenters. The highest BCUT2D eigenvalue weighted by Gasteiger charge is 2.12. The predicted octanol–water partition coefficient (Wildman–Crippen LogP) is 0.895. The Kier molecular flexibility index (Phi) is 1.89. The van der Waals surface area contributed by atoms with Gasteiger partial charge >= 0.3 is 0 Å². The molecule has 1 heterocycles. The average Bonchev–Trinajstić information content (AvgIpc) is 1.94.